The first-order valence-electron chi connectivity index (χ1n) is 8.57. The van der Waals surface area contributed by atoms with Crippen LogP contribution in [-0.2, 0) is 0 Å². The molecule has 0 aliphatic heterocycles. The van der Waals surface area contributed by atoms with E-state index in [1.54, 1.807) is 0 Å². The number of hydrogen-bond acceptors (Lipinski definition) is 0. The first kappa shape index (κ1) is 17.7. The second kappa shape index (κ2) is 9.48. The predicted octanol–water partition coefficient (Wildman–Crippen LogP) is 6.06. The first-order valence-corrected chi connectivity index (χ1v) is 13.0. The zero-order chi connectivity index (χ0) is 15.7. The standard InChI is InChI=1S/C20H28BrP/c1-2-3-4-5-6-13-18-22(21,19-14-9-7-10-15-19)20-16-11-8-12-17-20/h7-12,14-17,22H,2-6,13,18H2,1H3. The molecule has 120 valence electrons. The summed E-state index contributed by atoms with van der Waals surface area (Å²) in [6.45, 7) is 2.28. The van der Waals surface area contributed by atoms with E-state index in [0.717, 1.165) is 0 Å². The summed E-state index contributed by atoms with van der Waals surface area (Å²) in [6.07, 6.45) is 9.45. The van der Waals surface area contributed by atoms with E-state index in [1.165, 1.54) is 55.3 Å². The summed E-state index contributed by atoms with van der Waals surface area (Å²) in [4.78, 5) is 0. The summed E-state index contributed by atoms with van der Waals surface area (Å²) in [5, 5.41) is 2.99. The SMILES string of the molecule is CCCCCCCC[PH](Br)(c1ccccc1)c1ccccc1. The van der Waals surface area contributed by atoms with Crippen LogP contribution >= 0.6 is 21.5 Å². The van der Waals surface area contributed by atoms with Crippen LogP contribution in [0.15, 0.2) is 60.7 Å². The quantitative estimate of drug-likeness (QED) is 0.367. The molecule has 2 aromatic rings. The zero-order valence-electron chi connectivity index (χ0n) is 13.6. The van der Waals surface area contributed by atoms with Crippen LogP contribution in [0.25, 0.3) is 0 Å². The second-order valence-electron chi connectivity index (χ2n) is 6.05. The van der Waals surface area contributed by atoms with E-state index >= 15 is 0 Å². The van der Waals surface area contributed by atoms with Gasteiger partial charge in [0.25, 0.3) is 0 Å². The van der Waals surface area contributed by atoms with Crippen molar-refractivity contribution in [2.75, 3.05) is 6.16 Å². The summed E-state index contributed by atoms with van der Waals surface area (Å²) in [6, 6.07) is 22.1. The van der Waals surface area contributed by atoms with Crippen molar-refractivity contribution in [3.05, 3.63) is 60.7 Å². The number of hydrogen-bond donors (Lipinski definition) is 0. The van der Waals surface area contributed by atoms with Crippen LogP contribution in [0.5, 0.6) is 0 Å². The molecule has 0 saturated heterocycles. The Kier molecular flexibility index (Phi) is 7.63. The van der Waals surface area contributed by atoms with Gasteiger partial charge in [-0.3, -0.25) is 0 Å². The van der Waals surface area contributed by atoms with Crippen LogP contribution in [-0.4, -0.2) is 6.16 Å². The summed E-state index contributed by atoms with van der Waals surface area (Å²) in [7, 11) is 0. The molecular formula is C20H28BrP. The summed E-state index contributed by atoms with van der Waals surface area (Å²) < 4.78 is 0. The van der Waals surface area contributed by atoms with Crippen molar-refractivity contribution in [1.82, 2.24) is 0 Å². The summed E-state index contributed by atoms with van der Waals surface area (Å²) in [5.41, 5.74) is 0. The molecule has 0 aliphatic carbocycles. The fraction of sp³-hybridized carbons (Fsp3) is 0.400. The molecular weight excluding hydrogens is 351 g/mol. The molecule has 22 heavy (non-hydrogen) atoms. The van der Waals surface area contributed by atoms with Crippen LogP contribution in [0.2, 0.25) is 0 Å². The number of halogens is 1. The van der Waals surface area contributed by atoms with Gasteiger partial charge in [-0.2, -0.15) is 0 Å². The van der Waals surface area contributed by atoms with Crippen LogP contribution < -0.4 is 10.6 Å². The number of unbranched alkanes of at least 4 members (excludes halogenated alkanes) is 5. The normalized spacial score (nSPS) is 12.3. The van der Waals surface area contributed by atoms with E-state index in [2.05, 4.69) is 83.1 Å². The molecule has 0 heterocycles. The van der Waals surface area contributed by atoms with Crippen molar-refractivity contribution in [3.63, 3.8) is 0 Å². The summed E-state index contributed by atoms with van der Waals surface area (Å²) >= 11 is 4.22. The molecule has 0 fully saturated rings. The fourth-order valence-electron chi connectivity index (χ4n) is 3.01. The van der Waals surface area contributed by atoms with E-state index in [-0.39, 0.29) is 0 Å². The van der Waals surface area contributed by atoms with Gasteiger partial charge >= 0.3 is 144 Å². The molecule has 2 aromatic carbocycles. The van der Waals surface area contributed by atoms with Crippen LogP contribution in [0.1, 0.15) is 45.4 Å². The van der Waals surface area contributed by atoms with Crippen LogP contribution in [0.4, 0.5) is 0 Å². The summed E-state index contributed by atoms with van der Waals surface area (Å²) in [5.74, 6) is -1.76. The zero-order valence-corrected chi connectivity index (χ0v) is 16.2. The minimum absolute atomic E-state index is 1.28. The molecule has 0 unspecified atom stereocenters. The van der Waals surface area contributed by atoms with E-state index in [4.69, 9.17) is 0 Å². The molecule has 0 aromatic heterocycles. The van der Waals surface area contributed by atoms with Gasteiger partial charge < -0.3 is 0 Å². The van der Waals surface area contributed by atoms with Gasteiger partial charge in [0, 0.05) is 0 Å². The maximum absolute atomic E-state index is 4.22. The Morgan fingerprint density at radius 1 is 0.682 bits per heavy atom. The Labute approximate surface area is 144 Å². The van der Waals surface area contributed by atoms with Crippen LogP contribution in [0.3, 0.4) is 0 Å². The molecule has 0 saturated carbocycles. The van der Waals surface area contributed by atoms with Gasteiger partial charge in [-0.1, -0.05) is 0 Å². The molecule has 0 nitrogen and oxygen atoms in total. The van der Waals surface area contributed by atoms with Crippen molar-refractivity contribution >= 4 is 32.1 Å². The molecule has 0 radical (unpaired) electrons. The van der Waals surface area contributed by atoms with Gasteiger partial charge in [0.15, 0.2) is 0 Å². The minimum atomic E-state index is -1.76. The Morgan fingerprint density at radius 3 is 1.64 bits per heavy atom. The second-order valence-corrected chi connectivity index (χ2v) is 13.4. The average molecular weight is 379 g/mol. The van der Waals surface area contributed by atoms with Crippen molar-refractivity contribution in [2.24, 2.45) is 0 Å². The molecule has 0 bridgehead atoms. The van der Waals surface area contributed by atoms with Gasteiger partial charge in [0.2, 0.25) is 0 Å². The topological polar surface area (TPSA) is 0 Å². The van der Waals surface area contributed by atoms with E-state index in [9.17, 15) is 0 Å². The van der Waals surface area contributed by atoms with E-state index in [0.29, 0.717) is 0 Å². The fourth-order valence-corrected chi connectivity index (χ4v) is 8.53. The molecule has 0 spiro atoms. The molecule has 0 amide bonds. The van der Waals surface area contributed by atoms with Crippen molar-refractivity contribution in [2.45, 2.75) is 45.4 Å². The van der Waals surface area contributed by atoms with Gasteiger partial charge in [-0.25, -0.2) is 0 Å². The third kappa shape index (κ3) is 4.93. The van der Waals surface area contributed by atoms with Crippen molar-refractivity contribution in [3.8, 4) is 0 Å². The third-order valence-corrected chi connectivity index (χ3v) is 11.8. The van der Waals surface area contributed by atoms with Gasteiger partial charge in [0.1, 0.15) is 0 Å². The molecule has 2 rings (SSSR count). The monoisotopic (exact) mass is 378 g/mol. The van der Waals surface area contributed by atoms with E-state index in [1.807, 2.05) is 0 Å². The van der Waals surface area contributed by atoms with Gasteiger partial charge in [-0.05, 0) is 0 Å². The number of benzene rings is 2. The van der Waals surface area contributed by atoms with Gasteiger partial charge in [-0.15, -0.1) is 0 Å². The molecule has 0 aliphatic rings. The van der Waals surface area contributed by atoms with Crippen LogP contribution in [0, 0.1) is 0 Å². The molecule has 0 N–H and O–H groups in total. The third-order valence-electron chi connectivity index (χ3n) is 4.34. The Hall–Kier alpha value is -0.650. The predicted molar refractivity (Wildman–Crippen MR) is 108 cm³/mol. The Morgan fingerprint density at radius 2 is 1.14 bits per heavy atom. The van der Waals surface area contributed by atoms with Gasteiger partial charge in [0.05, 0.1) is 0 Å². The van der Waals surface area contributed by atoms with Crippen molar-refractivity contribution in [1.29, 1.82) is 0 Å². The Balaban J connectivity index is 2.07. The molecule has 0 atom stereocenters. The van der Waals surface area contributed by atoms with E-state index < -0.39 is 5.96 Å². The number of rotatable bonds is 9. The molecule has 2 heteroatoms. The van der Waals surface area contributed by atoms with Crippen molar-refractivity contribution < 1.29 is 0 Å². The Bertz CT molecular complexity index is 484. The first-order chi connectivity index (χ1) is 10.8. The maximum atomic E-state index is 4.22. The average Bonchev–Trinajstić information content (AvgIpc) is 2.59.